The van der Waals surface area contributed by atoms with Crippen LogP contribution in [0.1, 0.15) is 56.4 Å². The molecule has 0 aliphatic carbocycles. The normalized spacial score (nSPS) is 13.4. The minimum Gasteiger partial charge on any atom is -0.658 e. The average Bonchev–Trinajstić information content (AvgIpc) is 1.33. The van der Waals surface area contributed by atoms with Crippen molar-refractivity contribution in [3.05, 3.63) is 408 Å². The van der Waals surface area contributed by atoms with Crippen LogP contribution in [0.3, 0.4) is 0 Å². The zero-order valence-corrected chi connectivity index (χ0v) is 61.3. The van der Waals surface area contributed by atoms with Gasteiger partial charge in [-0.3, -0.25) is 9.98 Å². The monoisotopic (exact) mass is 1400 g/mol. The van der Waals surface area contributed by atoms with Crippen LogP contribution in [-0.4, -0.2) is 12.4 Å². The Hall–Kier alpha value is -12.3. The summed E-state index contributed by atoms with van der Waals surface area (Å²) in [5.74, 6) is 2.02. The van der Waals surface area contributed by atoms with E-state index in [1.54, 1.807) is 0 Å². The number of aromatic nitrogens is 6. The van der Waals surface area contributed by atoms with Crippen LogP contribution in [-0.2, 0) is 39.0 Å². The van der Waals surface area contributed by atoms with Gasteiger partial charge in [0, 0.05) is 45.8 Å². The maximum atomic E-state index is 5.27. The minimum absolute atomic E-state index is 0. The molecule has 10 heteroatoms. The molecule has 0 saturated carbocycles. The van der Waals surface area contributed by atoms with E-state index >= 15 is 0 Å². The van der Waals surface area contributed by atoms with E-state index in [4.69, 9.17) is 39.9 Å². The van der Waals surface area contributed by atoms with Crippen molar-refractivity contribution >= 4 is 110 Å². The van der Waals surface area contributed by atoms with Crippen LogP contribution in [0.5, 0.6) is 0 Å². The predicted octanol–water partition coefficient (Wildman–Crippen LogP) is 20.5. The first-order valence-electron chi connectivity index (χ1n) is 33.6. The van der Waals surface area contributed by atoms with Gasteiger partial charge >= 0.3 is 39.0 Å². The van der Waals surface area contributed by atoms with E-state index in [2.05, 4.69) is 291 Å². The Labute approximate surface area is 614 Å². The Morgan fingerprint density at radius 1 is 0.265 bits per heavy atom. The number of fused-ring (bicyclic) bond motifs is 8. The van der Waals surface area contributed by atoms with E-state index in [0.717, 1.165) is 114 Å². The number of rotatable bonds is 12. The van der Waals surface area contributed by atoms with Crippen LogP contribution >= 0.6 is 0 Å². The Balaban J connectivity index is 0.000000149. The molecule has 102 heavy (non-hydrogen) atoms. The largest absolute Gasteiger partial charge is 2.00 e. The SMILES string of the molecule is C1=C/C(=C(/c2ccc(-c3ccc([C+](c4ccc[n-]4)c4c5ccccc5cc5ccccc45)[n-]3)[n-]2)c2c3ccccc3cc3ccccc23)N=C1.C1=C/C(=C(/c2ccc(-c3ccc([C+](c4ccc[n-]4)c4c5ccccc5cc5ccccc45)[n-]3)[n-]2)c2c3ccccc3cc3ccccc23)N=C1.[Zn+2].[Zn+2]. The molecule has 2 aliphatic rings. The van der Waals surface area contributed by atoms with Gasteiger partial charge in [-0.2, -0.15) is 23.8 Å². The van der Waals surface area contributed by atoms with Crippen molar-refractivity contribution in [1.82, 2.24) is 29.9 Å². The first kappa shape index (κ1) is 63.2. The molecule has 8 nitrogen and oxygen atoms in total. The fraction of sp³-hybridized carbons (Fsp3) is 0. The molecule has 0 amide bonds. The van der Waals surface area contributed by atoms with Gasteiger partial charge in [-0.25, -0.2) is 0 Å². The molecule has 0 unspecified atom stereocenters. The molecule has 0 fully saturated rings. The number of benzene rings is 12. The average molecular weight is 1400 g/mol. The van der Waals surface area contributed by atoms with E-state index in [1.165, 1.54) is 86.2 Å². The van der Waals surface area contributed by atoms with Gasteiger partial charge in [0.1, 0.15) is 0 Å². The molecular formula is C92H56N8Zn2. The number of hydrogen-bond acceptors (Lipinski definition) is 2. The predicted molar refractivity (Wildman–Crippen MR) is 411 cm³/mol. The van der Waals surface area contributed by atoms with E-state index in [1.807, 2.05) is 49.1 Å². The smallest absolute Gasteiger partial charge is 0.658 e. The van der Waals surface area contributed by atoms with Crippen molar-refractivity contribution in [2.45, 2.75) is 0 Å². The van der Waals surface area contributed by atoms with E-state index < -0.39 is 0 Å². The van der Waals surface area contributed by atoms with Crippen molar-refractivity contribution < 1.29 is 39.0 Å². The molecule has 20 rings (SSSR count). The summed E-state index contributed by atoms with van der Waals surface area (Å²) in [7, 11) is 0. The molecule has 0 spiro atoms. The second kappa shape index (κ2) is 26.7. The minimum atomic E-state index is 0. The van der Waals surface area contributed by atoms with Crippen molar-refractivity contribution in [3.63, 3.8) is 0 Å². The Kier molecular flexibility index (Phi) is 16.6. The van der Waals surface area contributed by atoms with Crippen LogP contribution < -0.4 is 29.9 Å². The summed E-state index contributed by atoms with van der Waals surface area (Å²) in [6, 6.07) is 102. The Bertz CT molecular complexity index is 5800. The molecule has 0 radical (unpaired) electrons. The molecule has 0 N–H and O–H groups in total. The third-order valence-electron chi connectivity index (χ3n) is 19.4. The van der Waals surface area contributed by atoms with Gasteiger partial charge in [0.15, 0.2) is 0 Å². The Morgan fingerprint density at radius 2 is 0.549 bits per heavy atom. The van der Waals surface area contributed by atoms with E-state index in [-0.39, 0.29) is 39.0 Å². The van der Waals surface area contributed by atoms with Gasteiger partial charge in [-0.1, -0.05) is 205 Å². The molecule has 468 valence electrons. The third-order valence-corrected chi connectivity index (χ3v) is 19.4. The second-order valence-electron chi connectivity index (χ2n) is 25.2. The maximum absolute atomic E-state index is 5.27. The zero-order chi connectivity index (χ0) is 66.0. The first-order chi connectivity index (χ1) is 49.6. The summed E-state index contributed by atoms with van der Waals surface area (Å²) in [4.78, 5) is 40.3. The zero-order valence-electron chi connectivity index (χ0n) is 55.3. The van der Waals surface area contributed by atoms with Crippen LogP contribution in [0, 0.1) is 11.8 Å². The summed E-state index contributed by atoms with van der Waals surface area (Å²) in [5.41, 5.74) is 16.9. The molecule has 2 aliphatic heterocycles. The van der Waals surface area contributed by atoms with Crippen LogP contribution in [0.25, 0.3) is 120 Å². The van der Waals surface area contributed by atoms with Gasteiger partial charge in [0.25, 0.3) is 0 Å². The molecule has 8 heterocycles. The van der Waals surface area contributed by atoms with Crippen molar-refractivity contribution in [2.75, 3.05) is 0 Å². The van der Waals surface area contributed by atoms with Gasteiger partial charge in [-0.05, 0) is 199 Å². The molecule has 12 aromatic carbocycles. The summed E-state index contributed by atoms with van der Waals surface area (Å²) in [6.45, 7) is 0. The fourth-order valence-electron chi connectivity index (χ4n) is 15.1. The maximum Gasteiger partial charge on any atom is 2.00 e. The quantitative estimate of drug-likeness (QED) is 0.0685. The van der Waals surface area contributed by atoms with E-state index in [0.29, 0.717) is 0 Å². The van der Waals surface area contributed by atoms with Crippen molar-refractivity contribution in [2.24, 2.45) is 9.98 Å². The number of allylic oxidation sites excluding steroid dienone is 4. The second-order valence-corrected chi connectivity index (χ2v) is 25.2. The molecule has 0 bridgehead atoms. The Morgan fingerprint density at radius 3 is 0.843 bits per heavy atom. The summed E-state index contributed by atoms with van der Waals surface area (Å²) < 4.78 is 0. The standard InChI is InChI=1S/2C46H28N4.2Zn/c2*1-5-15-33-29(11-1)27-30-12-2-6-16-34(30)43(33)45(39-19-9-25-47-39)41-23-21-37(49-41)38-22-24-42(50-38)46(40-20-10-26-48-40)44-35-17-7-3-13-31(35)28-32-14-4-8-18-36(32)44;;/h2*1-28H;;/q2*-2;2*+2/b2*45-39+;;. The molecule has 18 aromatic rings. The third kappa shape index (κ3) is 11.1. The van der Waals surface area contributed by atoms with Crippen LogP contribution in [0.2, 0.25) is 0 Å². The van der Waals surface area contributed by atoms with Crippen LogP contribution in [0.15, 0.2) is 349 Å². The van der Waals surface area contributed by atoms with Crippen molar-refractivity contribution in [3.8, 4) is 22.8 Å². The molecular weight excluding hydrogens is 1350 g/mol. The summed E-state index contributed by atoms with van der Waals surface area (Å²) in [5, 5.41) is 18.9. The fourth-order valence-corrected chi connectivity index (χ4v) is 15.1. The van der Waals surface area contributed by atoms with Crippen molar-refractivity contribution in [1.29, 1.82) is 0 Å². The molecule has 6 aromatic heterocycles. The summed E-state index contributed by atoms with van der Waals surface area (Å²) in [6.07, 6.45) is 15.5. The van der Waals surface area contributed by atoms with Gasteiger partial charge in [0.05, 0.1) is 44.1 Å². The number of hydrogen-bond donors (Lipinski definition) is 0. The number of aliphatic imine (C=N–C) groups is 2. The molecule has 0 saturated heterocycles. The van der Waals surface area contributed by atoms with Gasteiger partial charge < -0.3 is 29.9 Å². The van der Waals surface area contributed by atoms with Gasteiger partial charge in [-0.15, -0.1) is 22.8 Å². The van der Waals surface area contributed by atoms with E-state index in [9.17, 15) is 0 Å². The van der Waals surface area contributed by atoms with Gasteiger partial charge in [0.2, 0.25) is 0 Å². The topological polar surface area (TPSA) is 109 Å². The van der Waals surface area contributed by atoms with Crippen LogP contribution in [0.4, 0.5) is 0 Å². The molecule has 0 atom stereocenters. The number of nitrogens with zero attached hydrogens (tertiary/aromatic N) is 8. The summed E-state index contributed by atoms with van der Waals surface area (Å²) >= 11 is 0. The first-order valence-corrected chi connectivity index (χ1v) is 33.6.